The lowest BCUT2D eigenvalue weighted by Crippen LogP contribution is -2.42. The Morgan fingerprint density at radius 2 is 2.15 bits per heavy atom. The molecule has 0 amide bonds. The van der Waals surface area contributed by atoms with Gasteiger partial charge in [0.25, 0.3) is 0 Å². The number of pyridine rings is 1. The van der Waals surface area contributed by atoms with Crippen LogP contribution in [0.2, 0.25) is 5.02 Å². The number of hydrogen-bond acceptors (Lipinski definition) is 5. The number of ether oxygens (including phenoxy) is 1. The van der Waals surface area contributed by atoms with Gasteiger partial charge in [0, 0.05) is 18.2 Å². The van der Waals surface area contributed by atoms with Crippen molar-refractivity contribution in [1.82, 2.24) is 4.98 Å². The molecule has 0 bridgehead atoms. The van der Waals surface area contributed by atoms with E-state index in [0.29, 0.717) is 34.3 Å². The fourth-order valence-electron chi connectivity index (χ4n) is 3.59. The highest BCUT2D eigenvalue weighted by atomic mass is 35.5. The Balaban J connectivity index is 1.66. The lowest BCUT2D eigenvalue weighted by Gasteiger charge is -2.34. The molecule has 2 aliphatic rings. The average Bonchev–Trinajstić information content (AvgIpc) is 3.49. The number of carbonyl (C=O) groups excluding carboxylic acids is 1. The summed E-state index contributed by atoms with van der Waals surface area (Å²) < 4.78 is 20.3. The summed E-state index contributed by atoms with van der Waals surface area (Å²) in [5, 5.41) is 0.467. The zero-order chi connectivity index (χ0) is 19.0. The predicted octanol–water partition coefficient (Wildman–Crippen LogP) is 3.29. The van der Waals surface area contributed by atoms with E-state index in [2.05, 4.69) is 9.98 Å². The smallest absolute Gasteiger partial charge is 0.185 e. The van der Waals surface area contributed by atoms with E-state index in [1.54, 1.807) is 24.3 Å². The first-order valence-electron chi connectivity index (χ1n) is 8.83. The number of aliphatic imine (C=N–C) groups is 1. The number of ketones is 1. The van der Waals surface area contributed by atoms with Crippen molar-refractivity contribution in [2.24, 2.45) is 16.6 Å². The molecule has 140 valence electrons. The van der Waals surface area contributed by atoms with Crippen molar-refractivity contribution in [3.8, 4) is 0 Å². The SMILES string of the molecule is NC1=NC(c2cc(CC(=O)c3ccc(Cl)cn3)ccc2F)(C2CC2)COC1. The minimum absolute atomic E-state index is 0.114. The van der Waals surface area contributed by atoms with Crippen LogP contribution in [0.1, 0.15) is 34.5 Å². The maximum Gasteiger partial charge on any atom is 0.185 e. The van der Waals surface area contributed by atoms with Gasteiger partial charge in [0.15, 0.2) is 5.78 Å². The number of nitrogens with two attached hydrogens (primary N) is 1. The van der Waals surface area contributed by atoms with Gasteiger partial charge in [-0.1, -0.05) is 17.7 Å². The third-order valence-corrected chi connectivity index (χ3v) is 5.27. The van der Waals surface area contributed by atoms with Crippen LogP contribution in [0.25, 0.3) is 0 Å². The molecule has 0 radical (unpaired) electrons. The molecule has 2 heterocycles. The highest BCUT2D eigenvalue weighted by Crippen LogP contribution is 2.50. The second-order valence-corrected chi connectivity index (χ2v) is 7.51. The van der Waals surface area contributed by atoms with E-state index in [1.165, 1.54) is 12.3 Å². The first-order chi connectivity index (χ1) is 13.0. The molecule has 1 unspecified atom stereocenters. The number of nitrogens with zero attached hydrogens (tertiary/aromatic N) is 2. The first-order valence-corrected chi connectivity index (χ1v) is 9.21. The van der Waals surface area contributed by atoms with Gasteiger partial charge in [-0.3, -0.25) is 14.8 Å². The number of halogens is 2. The van der Waals surface area contributed by atoms with Gasteiger partial charge in [-0.05, 0) is 48.6 Å². The summed E-state index contributed by atoms with van der Waals surface area (Å²) in [5.74, 6) is 0.0616. The van der Waals surface area contributed by atoms with Gasteiger partial charge in [0.1, 0.15) is 29.5 Å². The van der Waals surface area contributed by atoms with Crippen molar-refractivity contribution in [2.45, 2.75) is 24.8 Å². The minimum Gasteiger partial charge on any atom is -0.386 e. The molecule has 1 aromatic heterocycles. The van der Waals surface area contributed by atoms with Crippen LogP contribution in [0.5, 0.6) is 0 Å². The standard InChI is InChI=1S/C20H19ClFN3O2/c21-14-4-6-17(24-9-14)18(26)8-12-1-5-16(22)15(7-12)20(13-2-3-13)11-27-10-19(23)25-20/h1,4-7,9,13H,2-3,8,10-11H2,(H2,23,25). The molecule has 7 heteroatoms. The summed E-state index contributed by atoms with van der Waals surface area (Å²) in [7, 11) is 0. The Morgan fingerprint density at radius 1 is 1.33 bits per heavy atom. The van der Waals surface area contributed by atoms with Gasteiger partial charge in [-0.25, -0.2) is 4.39 Å². The normalized spacial score (nSPS) is 22.4. The predicted molar refractivity (Wildman–Crippen MR) is 101 cm³/mol. The van der Waals surface area contributed by atoms with E-state index in [9.17, 15) is 9.18 Å². The molecule has 1 aliphatic heterocycles. The third kappa shape index (κ3) is 3.59. The summed E-state index contributed by atoms with van der Waals surface area (Å²) in [6.07, 6.45) is 3.46. The van der Waals surface area contributed by atoms with Gasteiger partial charge in [-0.15, -0.1) is 0 Å². The maximum absolute atomic E-state index is 14.7. The number of rotatable bonds is 5. The van der Waals surface area contributed by atoms with Crippen molar-refractivity contribution in [3.63, 3.8) is 0 Å². The van der Waals surface area contributed by atoms with Crippen molar-refractivity contribution in [3.05, 3.63) is 64.2 Å². The topological polar surface area (TPSA) is 77.6 Å². The van der Waals surface area contributed by atoms with Crippen molar-refractivity contribution in [1.29, 1.82) is 0 Å². The zero-order valence-corrected chi connectivity index (χ0v) is 15.4. The van der Waals surface area contributed by atoms with Gasteiger partial charge in [0.05, 0.1) is 11.6 Å². The van der Waals surface area contributed by atoms with Gasteiger partial charge in [0.2, 0.25) is 0 Å². The molecular formula is C20H19ClFN3O2. The molecule has 1 fully saturated rings. The molecular weight excluding hydrogens is 369 g/mol. The molecule has 2 N–H and O–H groups in total. The third-order valence-electron chi connectivity index (χ3n) is 5.04. The fraction of sp³-hybridized carbons (Fsp3) is 0.350. The Labute approximate surface area is 161 Å². The highest BCUT2D eigenvalue weighted by Gasteiger charge is 2.49. The molecule has 1 aliphatic carbocycles. The van der Waals surface area contributed by atoms with E-state index in [0.717, 1.165) is 12.8 Å². The van der Waals surface area contributed by atoms with E-state index in [1.807, 2.05) is 0 Å². The van der Waals surface area contributed by atoms with Crippen LogP contribution in [0.3, 0.4) is 0 Å². The number of carbonyl (C=O) groups is 1. The monoisotopic (exact) mass is 387 g/mol. The average molecular weight is 388 g/mol. The fourth-order valence-corrected chi connectivity index (χ4v) is 3.70. The van der Waals surface area contributed by atoms with Crippen molar-refractivity contribution in [2.75, 3.05) is 13.2 Å². The van der Waals surface area contributed by atoms with Gasteiger partial charge in [-0.2, -0.15) is 0 Å². The lowest BCUT2D eigenvalue weighted by molar-refractivity contribution is 0.0840. The Bertz CT molecular complexity index is 912. The molecule has 4 rings (SSSR count). The number of aromatic nitrogens is 1. The zero-order valence-electron chi connectivity index (χ0n) is 14.6. The Morgan fingerprint density at radius 3 is 2.81 bits per heavy atom. The molecule has 1 aromatic carbocycles. The molecule has 2 aromatic rings. The van der Waals surface area contributed by atoms with Crippen LogP contribution in [0.4, 0.5) is 4.39 Å². The second kappa shape index (κ2) is 7.02. The summed E-state index contributed by atoms with van der Waals surface area (Å²) in [4.78, 5) is 21.2. The molecule has 5 nitrogen and oxygen atoms in total. The number of benzene rings is 1. The van der Waals surface area contributed by atoms with Gasteiger partial charge >= 0.3 is 0 Å². The first kappa shape index (κ1) is 18.1. The lowest BCUT2D eigenvalue weighted by atomic mass is 9.84. The number of Topliss-reactive ketones (excluding diaryl/α,β-unsaturated/α-hetero) is 1. The van der Waals surface area contributed by atoms with Crippen molar-refractivity contribution >= 4 is 23.2 Å². The number of hydrogen-bond donors (Lipinski definition) is 1. The van der Waals surface area contributed by atoms with Gasteiger partial charge < -0.3 is 10.5 Å². The summed E-state index contributed by atoms with van der Waals surface area (Å²) in [6, 6.07) is 7.92. The van der Waals surface area contributed by atoms with Crippen molar-refractivity contribution < 1.29 is 13.9 Å². The largest absolute Gasteiger partial charge is 0.386 e. The molecule has 27 heavy (non-hydrogen) atoms. The van der Waals surface area contributed by atoms with E-state index in [-0.39, 0.29) is 30.5 Å². The number of amidine groups is 1. The summed E-state index contributed by atoms with van der Waals surface area (Å²) in [5.41, 5.74) is 6.57. The highest BCUT2D eigenvalue weighted by molar-refractivity contribution is 6.30. The van der Waals surface area contributed by atoms with E-state index < -0.39 is 5.54 Å². The van der Waals surface area contributed by atoms with Crippen LogP contribution in [0.15, 0.2) is 41.5 Å². The van der Waals surface area contributed by atoms with E-state index >= 15 is 0 Å². The molecule has 1 atom stereocenters. The second-order valence-electron chi connectivity index (χ2n) is 7.07. The summed E-state index contributed by atoms with van der Waals surface area (Å²) >= 11 is 5.81. The van der Waals surface area contributed by atoms with E-state index in [4.69, 9.17) is 22.1 Å². The summed E-state index contributed by atoms with van der Waals surface area (Å²) in [6.45, 7) is 0.557. The van der Waals surface area contributed by atoms with Crippen LogP contribution < -0.4 is 5.73 Å². The Hall–Kier alpha value is -2.31. The van der Waals surface area contributed by atoms with Crippen LogP contribution in [-0.4, -0.2) is 29.8 Å². The molecule has 0 spiro atoms. The van der Waals surface area contributed by atoms with Crippen LogP contribution in [0, 0.1) is 11.7 Å². The quantitative estimate of drug-likeness (QED) is 0.798. The molecule has 0 saturated heterocycles. The van der Waals surface area contributed by atoms with Crippen LogP contribution in [-0.2, 0) is 16.7 Å². The maximum atomic E-state index is 14.7. The Kier molecular flexibility index (Phi) is 4.70. The minimum atomic E-state index is -0.802. The molecule has 1 saturated carbocycles. The van der Waals surface area contributed by atoms with Crippen LogP contribution >= 0.6 is 11.6 Å².